The summed E-state index contributed by atoms with van der Waals surface area (Å²) in [5, 5.41) is 15.2. The number of methoxy groups -OCH3 is 1. The van der Waals surface area contributed by atoms with Crippen LogP contribution in [0.4, 0.5) is 5.69 Å². The van der Waals surface area contributed by atoms with Gasteiger partial charge in [-0.15, -0.1) is 0 Å². The molecular weight excluding hydrogens is 361 g/mol. The van der Waals surface area contributed by atoms with Gasteiger partial charge in [0.15, 0.2) is 12.2 Å². The maximum atomic E-state index is 7.91. The molecule has 2 aromatic rings. The molecule has 4 N–H and O–H groups in total. The van der Waals surface area contributed by atoms with Crippen molar-refractivity contribution in [3.63, 3.8) is 0 Å². The van der Waals surface area contributed by atoms with E-state index in [4.69, 9.17) is 9.84 Å². The first-order valence-electron chi connectivity index (χ1n) is 6.21. The van der Waals surface area contributed by atoms with Crippen molar-refractivity contribution in [1.82, 2.24) is 0 Å². The summed E-state index contributed by atoms with van der Waals surface area (Å²) in [5.41, 5.74) is 5.43. The fourth-order valence-corrected chi connectivity index (χ4v) is 1.83. The zero-order valence-corrected chi connectivity index (χ0v) is 14.2. The average Bonchev–Trinajstić information content (AvgIpc) is 2.50. The molecule has 0 fully saturated rings. The summed E-state index contributed by atoms with van der Waals surface area (Å²) in [6, 6.07) is 14.9. The molecule has 0 heterocycles. The zero-order chi connectivity index (χ0) is 15.1. The van der Waals surface area contributed by atoms with Gasteiger partial charge in [-0.3, -0.25) is 0 Å². The first-order valence-corrected chi connectivity index (χ1v) is 6.66. The molecule has 0 bridgehead atoms. The predicted molar refractivity (Wildman–Crippen MR) is 92.8 cm³/mol. The number of hydrogen-bond donors (Lipinski definition) is 1. The van der Waals surface area contributed by atoms with Crippen LogP contribution < -0.4 is 10.1 Å². The van der Waals surface area contributed by atoms with Crippen molar-refractivity contribution < 1.29 is 32.1 Å². The van der Waals surface area contributed by atoms with Crippen LogP contribution in [0.25, 0.3) is 5.43 Å². The Hall–Kier alpha value is -2.13. The molecule has 2 rings (SSSR count). The minimum atomic E-state index is 0. The van der Waals surface area contributed by atoms with E-state index in [1.165, 1.54) is 13.3 Å². The van der Waals surface area contributed by atoms with Gasteiger partial charge in [0.25, 0.3) is 0 Å². The fraction of sp³-hybridized carbons (Fsp3) is 0.0667. The van der Waals surface area contributed by atoms with Gasteiger partial charge in [-0.25, -0.2) is 0 Å². The largest absolute Gasteiger partial charge is 2.00 e. The summed E-state index contributed by atoms with van der Waals surface area (Å²) in [6.07, 6.45) is 1.49. The molecule has 0 aliphatic rings. The molecule has 123 valence electrons. The molecule has 6 nitrogen and oxygen atoms in total. The van der Waals surface area contributed by atoms with Crippen molar-refractivity contribution in [2.75, 3.05) is 12.4 Å². The molecule has 0 atom stereocenters. The van der Waals surface area contributed by atoms with Crippen molar-refractivity contribution in [2.24, 2.45) is 5.10 Å². The smallest absolute Gasteiger partial charge is 0.870 e. The molecule has 1 radical (unpaired) electrons. The molecule has 0 saturated heterocycles. The third-order valence-electron chi connectivity index (χ3n) is 2.66. The molecule has 23 heavy (non-hydrogen) atoms. The van der Waals surface area contributed by atoms with Gasteiger partial charge in [-0.1, -0.05) is 24.3 Å². The third-order valence-corrected chi connectivity index (χ3v) is 2.86. The van der Waals surface area contributed by atoms with Crippen LogP contribution in [0.2, 0.25) is 0 Å². The number of thiol groups is 1. The maximum Gasteiger partial charge on any atom is 2.00 e. The summed E-state index contributed by atoms with van der Waals surface area (Å²) in [7, 11) is 1.53. The van der Waals surface area contributed by atoms with E-state index in [-0.39, 0.29) is 28.0 Å². The SMILES string of the molecule is COc1cccc(C=N[N-]C(=[SH+])Nc2ccccc2)c1[OH2+].[Co+2].[OH-]. The standard InChI is InChI=1S/C15H15N3O2S.Co.H2O/c1-20-13-9-5-6-11(14(13)19)10-16-18-15(21)17-12-7-3-2-4-8-12;;/h2-10H,1H3,(H3,16,17,18,19,21);;1H2/q;+2;. The number of anilines is 1. The van der Waals surface area contributed by atoms with Crippen LogP contribution in [0.3, 0.4) is 0 Å². The van der Waals surface area contributed by atoms with E-state index in [1.54, 1.807) is 18.2 Å². The second-order valence-electron chi connectivity index (χ2n) is 4.08. The molecule has 2 aromatic carbocycles. The van der Waals surface area contributed by atoms with Crippen LogP contribution >= 0.6 is 0 Å². The van der Waals surface area contributed by atoms with E-state index in [0.717, 1.165) is 5.69 Å². The number of ether oxygens (including phenoxy) is 1. The van der Waals surface area contributed by atoms with Crippen molar-refractivity contribution >= 4 is 29.2 Å². The molecule has 0 aliphatic carbocycles. The first kappa shape index (κ1) is 20.9. The average molecular weight is 378 g/mol. The fourth-order valence-electron chi connectivity index (χ4n) is 1.65. The Bertz CT molecular complexity index is 654. The monoisotopic (exact) mass is 378 g/mol. The van der Waals surface area contributed by atoms with Crippen molar-refractivity contribution in [2.45, 2.75) is 0 Å². The maximum absolute atomic E-state index is 7.91. The zero-order valence-electron chi connectivity index (χ0n) is 12.2. The minimum Gasteiger partial charge on any atom is -0.870 e. The Morgan fingerprint density at radius 1 is 1.22 bits per heavy atom. The number of nitrogens with one attached hydrogen (secondary N) is 1. The van der Waals surface area contributed by atoms with E-state index < -0.39 is 0 Å². The molecule has 0 amide bonds. The summed E-state index contributed by atoms with van der Waals surface area (Å²) < 4.78 is 5.08. The minimum absolute atomic E-state index is 0. The van der Waals surface area contributed by atoms with Gasteiger partial charge in [0.1, 0.15) is 0 Å². The topological polar surface area (TPSA) is 101 Å². The second-order valence-corrected chi connectivity index (χ2v) is 4.51. The van der Waals surface area contributed by atoms with E-state index >= 15 is 0 Å². The van der Waals surface area contributed by atoms with Crippen molar-refractivity contribution in [3.8, 4) is 11.5 Å². The summed E-state index contributed by atoms with van der Waals surface area (Å²) >= 11 is 4.21. The molecule has 0 spiro atoms. The van der Waals surface area contributed by atoms with E-state index in [9.17, 15) is 0 Å². The Labute approximate surface area is 150 Å². The van der Waals surface area contributed by atoms with Crippen molar-refractivity contribution in [3.05, 3.63) is 59.5 Å². The Balaban J connectivity index is 0.00000242. The Kier molecular flexibility index (Phi) is 9.59. The molecule has 0 unspecified atom stereocenters. The third kappa shape index (κ3) is 6.24. The van der Waals surface area contributed by atoms with Gasteiger partial charge in [0.05, 0.1) is 12.7 Å². The van der Waals surface area contributed by atoms with Crippen molar-refractivity contribution in [1.29, 1.82) is 0 Å². The van der Waals surface area contributed by atoms with Crippen LogP contribution in [0.1, 0.15) is 5.56 Å². The van der Waals surface area contributed by atoms with Crippen LogP contribution in [0.5, 0.6) is 11.5 Å². The Morgan fingerprint density at radius 2 is 1.91 bits per heavy atom. The van der Waals surface area contributed by atoms with Crippen LogP contribution in [0, 0.1) is 0 Å². The van der Waals surface area contributed by atoms with Gasteiger partial charge < -0.3 is 31.2 Å². The van der Waals surface area contributed by atoms with E-state index in [1.807, 2.05) is 30.3 Å². The molecular formula is C15H17CoN3O3S+2. The van der Waals surface area contributed by atoms with Gasteiger partial charge in [0.2, 0.25) is 10.9 Å². The van der Waals surface area contributed by atoms with Crippen LogP contribution in [0.15, 0.2) is 53.6 Å². The van der Waals surface area contributed by atoms with E-state index in [0.29, 0.717) is 16.4 Å². The molecule has 0 aromatic heterocycles. The number of rotatable bonds is 4. The molecule has 8 heteroatoms. The summed E-state index contributed by atoms with van der Waals surface area (Å²) in [4.78, 5) is 0. The van der Waals surface area contributed by atoms with Gasteiger partial charge in [0, 0.05) is 11.9 Å². The number of para-hydroxylation sites is 2. The Morgan fingerprint density at radius 3 is 2.57 bits per heavy atom. The summed E-state index contributed by atoms with van der Waals surface area (Å²) in [5.74, 6) is 0.770. The first-order chi connectivity index (χ1) is 10.2. The predicted octanol–water partition coefficient (Wildman–Crippen LogP) is 2.14. The van der Waals surface area contributed by atoms with E-state index in [2.05, 4.69) is 28.1 Å². The number of benzene rings is 2. The molecule has 0 saturated carbocycles. The van der Waals surface area contributed by atoms with Gasteiger partial charge in [-0.2, -0.15) is 0 Å². The second kappa shape index (κ2) is 10.6. The molecule has 0 aliphatic heterocycles. The number of hydrogen-bond acceptors (Lipinski definition) is 3. The van der Waals surface area contributed by atoms with Crippen LogP contribution in [-0.4, -0.2) is 29.0 Å². The van der Waals surface area contributed by atoms with Crippen LogP contribution in [-0.2, 0) is 29.0 Å². The van der Waals surface area contributed by atoms with Gasteiger partial charge in [-0.05, 0) is 24.3 Å². The quantitative estimate of drug-likeness (QED) is 0.290. The normalized spacial score (nSPS) is 9.43. The number of nitrogens with zero attached hydrogens (tertiary/aromatic N) is 2. The van der Waals surface area contributed by atoms with Gasteiger partial charge >= 0.3 is 22.5 Å². The summed E-state index contributed by atoms with van der Waals surface area (Å²) in [6.45, 7) is 0.